The first-order valence-corrected chi connectivity index (χ1v) is 6.57. The van der Waals surface area contributed by atoms with Crippen LogP contribution in [-0.4, -0.2) is 36.0 Å². The van der Waals surface area contributed by atoms with Crippen LogP contribution in [0.25, 0.3) is 0 Å². The summed E-state index contributed by atoms with van der Waals surface area (Å²) in [6.45, 7) is 6.05. The molecule has 1 aliphatic rings. The third-order valence-electron chi connectivity index (χ3n) is 3.32. The Bertz CT molecular complexity index is 528. The third kappa shape index (κ3) is 2.61. The molecule has 1 saturated heterocycles. The van der Waals surface area contributed by atoms with Gasteiger partial charge >= 0.3 is 6.09 Å². The molecule has 5 heteroatoms. The molecule has 0 unspecified atom stereocenters. The van der Waals surface area contributed by atoms with E-state index in [1.54, 1.807) is 6.07 Å². The standard InChI is InChI=1S/C15H20N2O3/c1-14(2,3)20-13(19)17-8-15(9-17,10-18)11-6-4-5-7-12(11)16/h4-7,10H,8-9,16H2,1-3H3. The molecule has 1 amide bonds. The van der Waals surface area contributed by atoms with Gasteiger partial charge in [-0.25, -0.2) is 4.79 Å². The molecule has 20 heavy (non-hydrogen) atoms. The lowest BCUT2D eigenvalue weighted by atomic mass is 9.74. The predicted octanol–water partition coefficient (Wildman–Crippen LogP) is 1.96. The van der Waals surface area contributed by atoms with Crippen molar-refractivity contribution >= 4 is 18.1 Å². The molecule has 1 aromatic carbocycles. The third-order valence-corrected chi connectivity index (χ3v) is 3.32. The molecule has 1 aromatic rings. The second-order valence-electron chi connectivity index (χ2n) is 6.20. The van der Waals surface area contributed by atoms with Crippen molar-refractivity contribution in [1.82, 2.24) is 4.90 Å². The van der Waals surface area contributed by atoms with Gasteiger partial charge in [0, 0.05) is 18.8 Å². The molecule has 2 N–H and O–H groups in total. The van der Waals surface area contributed by atoms with E-state index in [-0.39, 0.29) is 0 Å². The number of nitrogens with two attached hydrogens (primary N) is 1. The predicted molar refractivity (Wildman–Crippen MR) is 76.4 cm³/mol. The number of nitrogen functional groups attached to an aromatic ring is 1. The molecular weight excluding hydrogens is 256 g/mol. The number of aldehydes is 1. The number of anilines is 1. The van der Waals surface area contributed by atoms with Crippen LogP contribution in [0.2, 0.25) is 0 Å². The van der Waals surface area contributed by atoms with Crippen LogP contribution >= 0.6 is 0 Å². The number of hydrogen-bond acceptors (Lipinski definition) is 4. The van der Waals surface area contributed by atoms with Crippen molar-refractivity contribution in [2.45, 2.75) is 31.8 Å². The summed E-state index contributed by atoms with van der Waals surface area (Å²) in [5, 5.41) is 0. The second-order valence-corrected chi connectivity index (χ2v) is 6.20. The molecule has 0 radical (unpaired) electrons. The van der Waals surface area contributed by atoms with Crippen molar-refractivity contribution in [3.8, 4) is 0 Å². The lowest BCUT2D eigenvalue weighted by Gasteiger charge is -2.47. The normalized spacial score (nSPS) is 17.2. The molecule has 0 bridgehead atoms. The highest BCUT2D eigenvalue weighted by Gasteiger charge is 2.48. The zero-order valence-corrected chi connectivity index (χ0v) is 12.1. The summed E-state index contributed by atoms with van der Waals surface area (Å²) in [5.74, 6) is 0. The minimum Gasteiger partial charge on any atom is -0.444 e. The van der Waals surface area contributed by atoms with Crippen molar-refractivity contribution in [2.75, 3.05) is 18.8 Å². The van der Waals surface area contributed by atoms with E-state index >= 15 is 0 Å². The molecule has 0 saturated carbocycles. The Kier molecular flexibility index (Phi) is 3.46. The fourth-order valence-corrected chi connectivity index (χ4v) is 2.35. The fourth-order valence-electron chi connectivity index (χ4n) is 2.35. The van der Waals surface area contributed by atoms with Crippen molar-refractivity contribution in [3.63, 3.8) is 0 Å². The van der Waals surface area contributed by atoms with Crippen molar-refractivity contribution in [1.29, 1.82) is 0 Å². The highest BCUT2D eigenvalue weighted by atomic mass is 16.6. The molecule has 0 aliphatic carbocycles. The summed E-state index contributed by atoms with van der Waals surface area (Å²) in [6.07, 6.45) is 0.476. The summed E-state index contributed by atoms with van der Waals surface area (Å²) in [7, 11) is 0. The summed E-state index contributed by atoms with van der Waals surface area (Å²) < 4.78 is 5.29. The first-order chi connectivity index (χ1) is 9.27. The number of amides is 1. The molecule has 1 aliphatic heterocycles. The van der Waals surface area contributed by atoms with E-state index < -0.39 is 17.1 Å². The monoisotopic (exact) mass is 276 g/mol. The largest absolute Gasteiger partial charge is 0.444 e. The van der Waals surface area contributed by atoms with Crippen LogP contribution in [0.15, 0.2) is 24.3 Å². The highest BCUT2D eigenvalue weighted by Crippen LogP contribution is 2.36. The Labute approximate surface area is 118 Å². The van der Waals surface area contributed by atoms with E-state index in [9.17, 15) is 9.59 Å². The van der Waals surface area contributed by atoms with Gasteiger partial charge in [-0.2, -0.15) is 0 Å². The molecule has 0 aromatic heterocycles. The number of nitrogens with zero attached hydrogens (tertiary/aromatic N) is 1. The van der Waals surface area contributed by atoms with Gasteiger partial charge in [0.05, 0.1) is 5.41 Å². The van der Waals surface area contributed by atoms with Crippen LogP contribution in [-0.2, 0) is 14.9 Å². The maximum absolute atomic E-state index is 11.9. The number of hydrogen-bond donors (Lipinski definition) is 1. The number of likely N-dealkylation sites (tertiary alicyclic amines) is 1. The highest BCUT2D eigenvalue weighted by molar-refractivity contribution is 5.80. The van der Waals surface area contributed by atoms with Gasteiger partial charge in [-0.3, -0.25) is 0 Å². The smallest absolute Gasteiger partial charge is 0.410 e. The van der Waals surface area contributed by atoms with Crippen LogP contribution < -0.4 is 5.73 Å². The van der Waals surface area contributed by atoms with Crippen molar-refractivity contribution in [3.05, 3.63) is 29.8 Å². The van der Waals surface area contributed by atoms with Gasteiger partial charge in [-0.1, -0.05) is 18.2 Å². The first kappa shape index (κ1) is 14.4. The zero-order chi connectivity index (χ0) is 15.0. The van der Waals surface area contributed by atoms with E-state index in [0.717, 1.165) is 11.8 Å². The first-order valence-electron chi connectivity index (χ1n) is 6.57. The van der Waals surface area contributed by atoms with Gasteiger partial charge in [-0.05, 0) is 32.4 Å². The van der Waals surface area contributed by atoms with Gasteiger partial charge in [0.1, 0.15) is 11.9 Å². The summed E-state index contributed by atoms with van der Waals surface area (Å²) in [4.78, 5) is 24.9. The minimum atomic E-state index is -0.706. The molecule has 1 heterocycles. The van der Waals surface area contributed by atoms with Gasteiger partial charge < -0.3 is 20.2 Å². The molecule has 0 spiro atoms. The van der Waals surface area contributed by atoms with Crippen LogP contribution in [0, 0.1) is 0 Å². The van der Waals surface area contributed by atoms with Crippen molar-refractivity contribution in [2.24, 2.45) is 0 Å². The van der Waals surface area contributed by atoms with Crippen LogP contribution in [0.1, 0.15) is 26.3 Å². The number of ether oxygens (including phenoxy) is 1. The number of carbonyl (C=O) groups is 2. The number of rotatable bonds is 2. The Hall–Kier alpha value is -2.04. The number of para-hydroxylation sites is 1. The molecule has 1 fully saturated rings. The molecule has 5 nitrogen and oxygen atoms in total. The maximum atomic E-state index is 11.9. The van der Waals surface area contributed by atoms with E-state index in [1.165, 1.54) is 4.90 Å². The minimum absolute atomic E-state index is 0.305. The summed E-state index contributed by atoms with van der Waals surface area (Å²) in [6, 6.07) is 7.25. The number of carbonyl (C=O) groups excluding carboxylic acids is 2. The van der Waals surface area contributed by atoms with Gasteiger partial charge in [0.2, 0.25) is 0 Å². The summed E-state index contributed by atoms with van der Waals surface area (Å²) >= 11 is 0. The Morgan fingerprint density at radius 2 is 1.95 bits per heavy atom. The van der Waals surface area contributed by atoms with E-state index in [0.29, 0.717) is 18.8 Å². The maximum Gasteiger partial charge on any atom is 0.410 e. The van der Waals surface area contributed by atoms with Gasteiger partial charge in [0.15, 0.2) is 0 Å². The Morgan fingerprint density at radius 1 is 1.35 bits per heavy atom. The topological polar surface area (TPSA) is 72.6 Å². The van der Waals surface area contributed by atoms with Crippen LogP contribution in [0.3, 0.4) is 0 Å². The van der Waals surface area contributed by atoms with Gasteiger partial charge in [0.25, 0.3) is 0 Å². The molecule has 108 valence electrons. The Balaban J connectivity index is 2.11. The lowest BCUT2D eigenvalue weighted by Crippen LogP contribution is -2.63. The van der Waals surface area contributed by atoms with Crippen LogP contribution in [0.5, 0.6) is 0 Å². The van der Waals surface area contributed by atoms with Crippen molar-refractivity contribution < 1.29 is 14.3 Å². The second kappa shape index (κ2) is 4.81. The molecular formula is C15H20N2O3. The molecule has 0 atom stereocenters. The SMILES string of the molecule is CC(C)(C)OC(=O)N1CC(C=O)(c2ccccc2N)C1. The quantitative estimate of drug-likeness (QED) is 0.662. The fraction of sp³-hybridized carbons (Fsp3) is 0.467. The zero-order valence-electron chi connectivity index (χ0n) is 12.1. The summed E-state index contributed by atoms with van der Waals surface area (Å²) in [5.41, 5.74) is 6.02. The van der Waals surface area contributed by atoms with Crippen LogP contribution in [0.4, 0.5) is 10.5 Å². The average Bonchev–Trinajstić information content (AvgIpc) is 2.28. The van der Waals surface area contributed by atoms with E-state index in [2.05, 4.69) is 0 Å². The Morgan fingerprint density at radius 3 is 2.45 bits per heavy atom. The van der Waals surface area contributed by atoms with Gasteiger partial charge in [-0.15, -0.1) is 0 Å². The number of benzene rings is 1. The van der Waals surface area contributed by atoms with E-state index in [4.69, 9.17) is 10.5 Å². The average molecular weight is 276 g/mol. The lowest BCUT2D eigenvalue weighted by molar-refractivity contribution is -0.118. The molecule has 2 rings (SSSR count). The van der Waals surface area contributed by atoms with E-state index in [1.807, 2.05) is 39.0 Å².